The van der Waals surface area contributed by atoms with Crippen LogP contribution in [0.25, 0.3) is 10.9 Å². The van der Waals surface area contributed by atoms with E-state index in [4.69, 9.17) is 0 Å². The molecule has 6 nitrogen and oxygen atoms in total. The number of hydrogen-bond donors (Lipinski definition) is 3. The number of H-pyrrole nitrogens is 1. The lowest BCUT2D eigenvalue weighted by Crippen LogP contribution is -2.37. The number of nitrogens with one attached hydrogen (secondary N) is 3. The lowest BCUT2D eigenvalue weighted by atomic mass is 10.1. The summed E-state index contributed by atoms with van der Waals surface area (Å²) in [5, 5.41) is 7.31. The van der Waals surface area contributed by atoms with Gasteiger partial charge in [-0.2, -0.15) is 0 Å². The fourth-order valence-corrected chi connectivity index (χ4v) is 3.56. The van der Waals surface area contributed by atoms with Gasteiger partial charge in [0.2, 0.25) is 0 Å². The molecule has 0 aliphatic heterocycles. The summed E-state index contributed by atoms with van der Waals surface area (Å²) in [6, 6.07) is 11.5. The number of aromatic nitrogens is 1. The van der Waals surface area contributed by atoms with Crippen LogP contribution in [-0.2, 0) is 22.8 Å². The third kappa shape index (κ3) is 4.89. The minimum Gasteiger partial charge on any atom is -0.361 e. The summed E-state index contributed by atoms with van der Waals surface area (Å²) >= 11 is 0. The smallest absolute Gasteiger partial charge is 0.191 e. The highest BCUT2D eigenvalue weighted by atomic mass is 32.2. The Morgan fingerprint density at radius 2 is 1.89 bits per heavy atom. The van der Waals surface area contributed by atoms with Gasteiger partial charge in [0.15, 0.2) is 15.8 Å². The topological polar surface area (TPSA) is 86.3 Å². The largest absolute Gasteiger partial charge is 0.361 e. The van der Waals surface area contributed by atoms with E-state index in [2.05, 4.69) is 20.6 Å². The van der Waals surface area contributed by atoms with E-state index in [0.717, 1.165) is 22.0 Å². The second kappa shape index (κ2) is 8.43. The van der Waals surface area contributed by atoms with Gasteiger partial charge in [-0.05, 0) is 47.9 Å². The zero-order valence-electron chi connectivity index (χ0n) is 15.8. The van der Waals surface area contributed by atoms with Gasteiger partial charge < -0.3 is 15.6 Å². The van der Waals surface area contributed by atoms with E-state index < -0.39 is 9.84 Å². The maximum absolute atomic E-state index is 13.5. The van der Waals surface area contributed by atoms with Crippen LogP contribution in [-0.4, -0.2) is 39.2 Å². The number of fused-ring (bicyclic) bond motifs is 1. The maximum Gasteiger partial charge on any atom is 0.191 e. The van der Waals surface area contributed by atoms with E-state index in [0.29, 0.717) is 30.4 Å². The van der Waals surface area contributed by atoms with Gasteiger partial charge in [-0.1, -0.05) is 12.1 Å². The van der Waals surface area contributed by atoms with Crippen molar-refractivity contribution >= 4 is 26.7 Å². The number of guanidine groups is 1. The first-order valence-corrected chi connectivity index (χ1v) is 10.7. The quantitative estimate of drug-likeness (QED) is 0.437. The molecule has 148 valence electrons. The number of benzene rings is 2. The molecule has 28 heavy (non-hydrogen) atoms. The molecule has 0 unspecified atom stereocenters. The molecule has 0 saturated heterocycles. The average Bonchev–Trinajstić information content (AvgIpc) is 3.06. The zero-order valence-corrected chi connectivity index (χ0v) is 16.6. The van der Waals surface area contributed by atoms with E-state index >= 15 is 0 Å². The fraction of sp³-hybridized carbons (Fsp3) is 0.250. The van der Waals surface area contributed by atoms with Crippen molar-refractivity contribution in [3.05, 3.63) is 65.6 Å². The molecule has 8 heteroatoms. The van der Waals surface area contributed by atoms with Crippen LogP contribution in [0.4, 0.5) is 4.39 Å². The van der Waals surface area contributed by atoms with Crippen LogP contribution in [0.15, 0.2) is 58.5 Å². The van der Waals surface area contributed by atoms with E-state index in [1.165, 1.54) is 18.4 Å². The first-order valence-electron chi connectivity index (χ1n) is 8.86. The summed E-state index contributed by atoms with van der Waals surface area (Å²) in [4.78, 5) is 7.63. The van der Waals surface area contributed by atoms with E-state index in [1.807, 2.05) is 6.20 Å². The van der Waals surface area contributed by atoms with Crippen molar-refractivity contribution in [1.29, 1.82) is 0 Å². The molecule has 0 radical (unpaired) electrons. The monoisotopic (exact) mass is 402 g/mol. The highest BCUT2D eigenvalue weighted by Crippen LogP contribution is 2.19. The number of hydrogen-bond acceptors (Lipinski definition) is 3. The second-order valence-corrected chi connectivity index (χ2v) is 8.54. The first kappa shape index (κ1) is 19.9. The summed E-state index contributed by atoms with van der Waals surface area (Å²) in [5.74, 6) is 0.388. The van der Waals surface area contributed by atoms with Crippen LogP contribution < -0.4 is 10.6 Å². The van der Waals surface area contributed by atoms with E-state index in [1.54, 1.807) is 37.4 Å². The molecular weight excluding hydrogens is 379 g/mol. The Morgan fingerprint density at radius 1 is 1.14 bits per heavy atom. The highest BCUT2D eigenvalue weighted by Gasteiger charge is 2.07. The van der Waals surface area contributed by atoms with Crippen LogP contribution in [0.3, 0.4) is 0 Å². The van der Waals surface area contributed by atoms with Crippen molar-refractivity contribution in [2.75, 3.05) is 19.8 Å². The van der Waals surface area contributed by atoms with E-state index in [9.17, 15) is 12.8 Å². The Morgan fingerprint density at radius 3 is 2.57 bits per heavy atom. The van der Waals surface area contributed by atoms with Gasteiger partial charge in [-0.3, -0.25) is 4.99 Å². The standard InChI is InChI=1S/C20H23FN4O2S/c1-22-20(25-12-14-3-6-17(7-4-14)28(2,26)27)23-10-9-15-13-24-19-8-5-16(21)11-18(15)19/h3-8,11,13,24H,9-10,12H2,1-2H3,(H2,22,23,25). The van der Waals surface area contributed by atoms with Crippen molar-refractivity contribution in [2.24, 2.45) is 4.99 Å². The number of rotatable bonds is 6. The van der Waals surface area contributed by atoms with Gasteiger partial charge in [0.05, 0.1) is 4.90 Å². The SMILES string of the molecule is CN=C(NCCc1c[nH]c2ccc(F)cc12)NCc1ccc(S(C)(=O)=O)cc1. The molecule has 1 heterocycles. The van der Waals surface area contributed by atoms with Crippen molar-refractivity contribution < 1.29 is 12.8 Å². The molecule has 0 spiro atoms. The molecule has 0 aliphatic carbocycles. The third-order valence-electron chi connectivity index (χ3n) is 4.45. The fourth-order valence-electron chi connectivity index (χ4n) is 2.93. The molecule has 1 aromatic heterocycles. The van der Waals surface area contributed by atoms with Crippen molar-refractivity contribution in [1.82, 2.24) is 15.6 Å². The van der Waals surface area contributed by atoms with Crippen molar-refractivity contribution in [2.45, 2.75) is 17.9 Å². The van der Waals surface area contributed by atoms with Crippen LogP contribution in [0.5, 0.6) is 0 Å². The summed E-state index contributed by atoms with van der Waals surface area (Å²) in [6.45, 7) is 1.15. The summed E-state index contributed by atoms with van der Waals surface area (Å²) in [5.41, 5.74) is 2.90. The van der Waals surface area contributed by atoms with Gasteiger partial charge in [-0.15, -0.1) is 0 Å². The molecule has 3 rings (SSSR count). The lowest BCUT2D eigenvalue weighted by molar-refractivity contribution is 0.602. The number of nitrogens with zero attached hydrogens (tertiary/aromatic N) is 1. The predicted octanol–water partition coefficient (Wildman–Crippen LogP) is 2.62. The number of sulfone groups is 1. The van der Waals surface area contributed by atoms with E-state index in [-0.39, 0.29) is 5.82 Å². The first-order chi connectivity index (χ1) is 13.4. The molecule has 0 saturated carbocycles. The molecule has 0 amide bonds. The van der Waals surface area contributed by atoms with Crippen molar-refractivity contribution in [3.63, 3.8) is 0 Å². The predicted molar refractivity (Wildman–Crippen MR) is 110 cm³/mol. The highest BCUT2D eigenvalue weighted by molar-refractivity contribution is 7.90. The minimum atomic E-state index is -3.19. The summed E-state index contributed by atoms with van der Waals surface area (Å²) in [7, 11) is -1.51. The maximum atomic E-state index is 13.5. The molecule has 3 aromatic rings. The minimum absolute atomic E-state index is 0.249. The Kier molecular flexibility index (Phi) is 5.99. The Balaban J connectivity index is 1.53. The Labute approximate surface area is 163 Å². The van der Waals surface area contributed by atoms with Gasteiger partial charge in [0, 0.05) is 43.5 Å². The second-order valence-electron chi connectivity index (χ2n) is 6.52. The zero-order chi connectivity index (χ0) is 20.1. The molecule has 0 bridgehead atoms. The molecule has 0 fully saturated rings. The van der Waals surface area contributed by atoms with Crippen LogP contribution in [0.2, 0.25) is 0 Å². The Hall–Kier alpha value is -2.87. The van der Waals surface area contributed by atoms with Crippen LogP contribution in [0.1, 0.15) is 11.1 Å². The van der Waals surface area contributed by atoms with Gasteiger partial charge >= 0.3 is 0 Å². The molecule has 2 aromatic carbocycles. The number of aliphatic imine (C=N–C) groups is 1. The Bertz CT molecular complexity index is 1090. The third-order valence-corrected chi connectivity index (χ3v) is 5.58. The summed E-state index contributed by atoms with van der Waals surface area (Å²) < 4.78 is 36.5. The average molecular weight is 402 g/mol. The van der Waals surface area contributed by atoms with Gasteiger partial charge in [0.1, 0.15) is 5.82 Å². The van der Waals surface area contributed by atoms with Crippen LogP contribution >= 0.6 is 0 Å². The molecule has 3 N–H and O–H groups in total. The van der Waals surface area contributed by atoms with Gasteiger partial charge in [-0.25, -0.2) is 12.8 Å². The normalized spacial score (nSPS) is 12.3. The lowest BCUT2D eigenvalue weighted by Gasteiger charge is -2.12. The summed E-state index contributed by atoms with van der Waals surface area (Å²) in [6.07, 6.45) is 3.80. The number of aromatic amines is 1. The molecule has 0 aliphatic rings. The van der Waals surface area contributed by atoms with Gasteiger partial charge in [0.25, 0.3) is 0 Å². The molecule has 0 atom stereocenters. The number of halogens is 1. The van der Waals surface area contributed by atoms with Crippen molar-refractivity contribution in [3.8, 4) is 0 Å². The van der Waals surface area contributed by atoms with Crippen LogP contribution in [0, 0.1) is 5.82 Å². The molecular formula is C20H23FN4O2S.